The van der Waals surface area contributed by atoms with Gasteiger partial charge in [0.05, 0.1) is 10.8 Å². The van der Waals surface area contributed by atoms with Crippen LogP contribution in [0.1, 0.15) is 51.1 Å². The molecule has 0 amide bonds. The second-order valence-corrected chi connectivity index (χ2v) is 6.79. The lowest BCUT2D eigenvalue weighted by Crippen LogP contribution is -2.12. The molecule has 0 bridgehead atoms. The van der Waals surface area contributed by atoms with Crippen LogP contribution in [0.25, 0.3) is 0 Å². The molecule has 2 atom stereocenters. The molecule has 0 fully saturated rings. The summed E-state index contributed by atoms with van der Waals surface area (Å²) < 4.78 is 12.5. The van der Waals surface area contributed by atoms with E-state index >= 15 is 0 Å². The van der Waals surface area contributed by atoms with Crippen LogP contribution in [0.3, 0.4) is 0 Å². The van der Waals surface area contributed by atoms with Crippen molar-refractivity contribution in [1.29, 1.82) is 0 Å². The smallest absolute Gasteiger partial charge is 0.0532 e. The fraction of sp³-hybridized carbons (Fsp3) is 0.529. The summed E-state index contributed by atoms with van der Waals surface area (Å²) in [5.41, 5.74) is 6.92. The maximum absolute atomic E-state index is 12.5. The van der Waals surface area contributed by atoms with Crippen LogP contribution in [-0.4, -0.2) is 9.96 Å². The first kappa shape index (κ1) is 17.1. The van der Waals surface area contributed by atoms with Crippen molar-refractivity contribution in [3.63, 3.8) is 0 Å². The number of benzene rings is 1. The van der Waals surface area contributed by atoms with E-state index in [4.69, 9.17) is 5.73 Å². The van der Waals surface area contributed by atoms with Gasteiger partial charge in [-0.05, 0) is 36.5 Å². The average Bonchev–Trinajstić information content (AvgIpc) is 2.47. The van der Waals surface area contributed by atoms with Crippen molar-refractivity contribution in [3.8, 4) is 0 Å². The Kier molecular flexibility index (Phi) is 7.78. The van der Waals surface area contributed by atoms with Crippen LogP contribution >= 0.6 is 0 Å². The first-order chi connectivity index (χ1) is 9.62. The second-order valence-electron chi connectivity index (χ2n) is 5.29. The Labute approximate surface area is 125 Å². The molecular weight excluding hydrogens is 266 g/mol. The van der Waals surface area contributed by atoms with E-state index in [2.05, 4.69) is 20.4 Å². The third kappa shape index (κ3) is 5.22. The molecule has 1 rings (SSSR count). The maximum atomic E-state index is 12.5. The molecule has 1 aromatic rings. The van der Waals surface area contributed by atoms with Crippen molar-refractivity contribution >= 4 is 10.8 Å². The summed E-state index contributed by atoms with van der Waals surface area (Å²) in [6.07, 6.45) is 6.34. The van der Waals surface area contributed by atoms with Gasteiger partial charge in [-0.25, -0.2) is 0 Å². The minimum atomic E-state index is -0.935. The third-order valence-electron chi connectivity index (χ3n) is 3.54. The first-order valence-electron chi connectivity index (χ1n) is 7.48. The molecular formula is C17H27NOS. The Morgan fingerprint density at radius 3 is 2.50 bits per heavy atom. The number of hydrogen-bond acceptors (Lipinski definition) is 2. The SMILES string of the molecule is C=CC(N)c1cccc(S(=O)CC(CCC)CCC)c1. The molecule has 20 heavy (non-hydrogen) atoms. The average molecular weight is 293 g/mol. The zero-order valence-electron chi connectivity index (χ0n) is 12.7. The molecule has 0 spiro atoms. The molecule has 0 saturated carbocycles. The lowest BCUT2D eigenvalue weighted by Gasteiger charge is -2.15. The van der Waals surface area contributed by atoms with Crippen molar-refractivity contribution in [3.05, 3.63) is 42.5 Å². The van der Waals surface area contributed by atoms with Crippen molar-refractivity contribution in [2.45, 2.75) is 50.5 Å². The van der Waals surface area contributed by atoms with Crippen LogP contribution in [0.4, 0.5) is 0 Å². The molecule has 0 aliphatic carbocycles. The van der Waals surface area contributed by atoms with Crippen LogP contribution in [-0.2, 0) is 10.8 Å². The van der Waals surface area contributed by atoms with Crippen molar-refractivity contribution in [2.75, 3.05) is 5.75 Å². The fourth-order valence-electron chi connectivity index (χ4n) is 2.44. The molecule has 2 N–H and O–H groups in total. The molecule has 1 aromatic carbocycles. The van der Waals surface area contributed by atoms with E-state index in [1.54, 1.807) is 6.08 Å². The summed E-state index contributed by atoms with van der Waals surface area (Å²) in [6.45, 7) is 8.09. The van der Waals surface area contributed by atoms with Gasteiger partial charge < -0.3 is 5.73 Å². The zero-order chi connectivity index (χ0) is 15.0. The summed E-state index contributed by atoms with van der Waals surface area (Å²) in [5.74, 6) is 1.32. The molecule has 0 aliphatic heterocycles. The Morgan fingerprint density at radius 1 is 1.30 bits per heavy atom. The van der Waals surface area contributed by atoms with Gasteiger partial charge in [-0.15, -0.1) is 6.58 Å². The van der Waals surface area contributed by atoms with Gasteiger partial charge in [0, 0.05) is 16.7 Å². The zero-order valence-corrected chi connectivity index (χ0v) is 13.5. The Balaban J connectivity index is 2.78. The molecule has 0 radical (unpaired) electrons. The predicted molar refractivity (Wildman–Crippen MR) is 88.1 cm³/mol. The van der Waals surface area contributed by atoms with Crippen LogP contribution in [0.2, 0.25) is 0 Å². The number of rotatable bonds is 9. The Bertz CT molecular complexity index is 438. The van der Waals surface area contributed by atoms with Gasteiger partial charge in [-0.2, -0.15) is 0 Å². The molecule has 0 aromatic heterocycles. The summed E-state index contributed by atoms with van der Waals surface area (Å²) in [7, 11) is -0.935. The van der Waals surface area contributed by atoms with Crippen LogP contribution in [0, 0.1) is 5.92 Å². The minimum absolute atomic E-state index is 0.186. The highest BCUT2D eigenvalue weighted by molar-refractivity contribution is 7.85. The highest BCUT2D eigenvalue weighted by atomic mass is 32.2. The monoisotopic (exact) mass is 293 g/mol. The molecule has 2 nitrogen and oxygen atoms in total. The van der Waals surface area contributed by atoms with Crippen molar-refractivity contribution in [1.82, 2.24) is 0 Å². The third-order valence-corrected chi connectivity index (χ3v) is 5.09. The lowest BCUT2D eigenvalue weighted by atomic mass is 10.0. The summed E-state index contributed by atoms with van der Waals surface area (Å²) >= 11 is 0. The van der Waals surface area contributed by atoms with Gasteiger partial charge in [0.1, 0.15) is 0 Å². The minimum Gasteiger partial charge on any atom is -0.321 e. The fourth-order valence-corrected chi connectivity index (χ4v) is 3.89. The van der Waals surface area contributed by atoms with Crippen LogP contribution < -0.4 is 5.73 Å². The Morgan fingerprint density at radius 2 is 1.95 bits per heavy atom. The van der Waals surface area contributed by atoms with Crippen LogP contribution in [0.5, 0.6) is 0 Å². The largest absolute Gasteiger partial charge is 0.321 e. The van der Waals surface area contributed by atoms with Gasteiger partial charge in [-0.3, -0.25) is 4.21 Å². The molecule has 3 heteroatoms. The van der Waals surface area contributed by atoms with Crippen molar-refractivity contribution in [2.24, 2.45) is 11.7 Å². The first-order valence-corrected chi connectivity index (χ1v) is 8.80. The number of hydrogen-bond donors (Lipinski definition) is 1. The summed E-state index contributed by atoms with van der Waals surface area (Å²) in [4.78, 5) is 0.886. The van der Waals surface area contributed by atoms with Gasteiger partial charge in [-0.1, -0.05) is 44.9 Å². The van der Waals surface area contributed by atoms with E-state index in [-0.39, 0.29) is 6.04 Å². The van der Waals surface area contributed by atoms with E-state index in [0.29, 0.717) is 5.92 Å². The highest BCUT2D eigenvalue weighted by Crippen LogP contribution is 2.20. The summed E-state index contributed by atoms with van der Waals surface area (Å²) in [6, 6.07) is 7.60. The molecule has 0 aliphatic rings. The van der Waals surface area contributed by atoms with Gasteiger partial charge in [0.2, 0.25) is 0 Å². The Hall–Kier alpha value is -0.930. The van der Waals surface area contributed by atoms with Crippen molar-refractivity contribution < 1.29 is 4.21 Å². The summed E-state index contributed by atoms with van der Waals surface area (Å²) in [5, 5.41) is 0. The second kappa shape index (κ2) is 9.09. The predicted octanol–water partition coefficient (Wildman–Crippen LogP) is 4.20. The van der Waals surface area contributed by atoms with Crippen LogP contribution in [0.15, 0.2) is 41.8 Å². The standard InChI is InChI=1S/C17H27NOS/c1-4-8-14(9-5-2)13-20(19)16-11-7-10-15(12-16)17(18)6-3/h6-7,10-12,14,17H,3-5,8-9,13,18H2,1-2H3. The number of nitrogens with two attached hydrogens (primary N) is 1. The molecule has 0 heterocycles. The maximum Gasteiger partial charge on any atom is 0.0532 e. The molecule has 2 unspecified atom stereocenters. The van der Waals surface area contributed by atoms with E-state index in [1.807, 2.05) is 24.3 Å². The van der Waals surface area contributed by atoms with Gasteiger partial charge in [0.15, 0.2) is 0 Å². The molecule has 0 saturated heterocycles. The van der Waals surface area contributed by atoms with E-state index in [0.717, 1.165) is 41.9 Å². The van der Waals surface area contributed by atoms with Gasteiger partial charge >= 0.3 is 0 Å². The molecule has 112 valence electrons. The van der Waals surface area contributed by atoms with E-state index < -0.39 is 10.8 Å². The van der Waals surface area contributed by atoms with E-state index in [9.17, 15) is 4.21 Å². The van der Waals surface area contributed by atoms with Gasteiger partial charge in [0.25, 0.3) is 0 Å². The normalized spacial score (nSPS) is 14.2. The topological polar surface area (TPSA) is 43.1 Å². The van der Waals surface area contributed by atoms with E-state index in [1.165, 1.54) is 0 Å². The quantitative estimate of drug-likeness (QED) is 0.693. The lowest BCUT2D eigenvalue weighted by molar-refractivity contribution is 0.483. The highest BCUT2D eigenvalue weighted by Gasteiger charge is 2.14.